The fourth-order valence-corrected chi connectivity index (χ4v) is 0.924. The Morgan fingerprint density at radius 3 is 2.13 bits per heavy atom. The highest BCUT2D eigenvalue weighted by Crippen LogP contribution is 2.14. The summed E-state index contributed by atoms with van der Waals surface area (Å²) in [7, 11) is 0. The van der Waals surface area contributed by atoms with Crippen molar-refractivity contribution >= 4 is 11.9 Å². The Kier molecular flexibility index (Phi) is 4.70. The van der Waals surface area contributed by atoms with Gasteiger partial charge in [0.25, 0.3) is 0 Å². The number of nitrogens with two attached hydrogens (primary N) is 1. The van der Waals surface area contributed by atoms with Crippen LogP contribution in [0.1, 0.15) is 20.8 Å². The SMILES string of the molecule is CC(C)(C)OC(=O)C(C(=O)O)C(O)CN. The van der Waals surface area contributed by atoms with Crippen molar-refractivity contribution in [3.63, 3.8) is 0 Å². The first-order valence-corrected chi connectivity index (χ1v) is 4.53. The summed E-state index contributed by atoms with van der Waals surface area (Å²) in [6.07, 6.45) is -1.43. The molecule has 0 saturated heterocycles. The topological polar surface area (TPSA) is 110 Å². The molecule has 0 aromatic rings. The Labute approximate surface area is 88.0 Å². The zero-order valence-corrected chi connectivity index (χ0v) is 9.06. The molecule has 0 fully saturated rings. The van der Waals surface area contributed by atoms with Gasteiger partial charge in [-0.2, -0.15) is 0 Å². The Morgan fingerprint density at radius 1 is 1.40 bits per heavy atom. The van der Waals surface area contributed by atoms with Gasteiger partial charge in [-0.15, -0.1) is 0 Å². The maximum Gasteiger partial charge on any atom is 0.323 e. The van der Waals surface area contributed by atoms with Crippen LogP contribution in [0.15, 0.2) is 0 Å². The van der Waals surface area contributed by atoms with Gasteiger partial charge in [0, 0.05) is 6.54 Å². The average Bonchev–Trinajstić information content (AvgIpc) is 1.99. The molecule has 0 rings (SSSR count). The molecule has 6 heteroatoms. The maximum atomic E-state index is 11.4. The van der Waals surface area contributed by atoms with Gasteiger partial charge in [-0.05, 0) is 20.8 Å². The van der Waals surface area contributed by atoms with E-state index in [0.717, 1.165) is 0 Å². The van der Waals surface area contributed by atoms with Gasteiger partial charge in [0.05, 0.1) is 6.10 Å². The molecule has 0 bridgehead atoms. The van der Waals surface area contributed by atoms with Crippen LogP contribution in [0, 0.1) is 5.92 Å². The number of esters is 1. The Balaban J connectivity index is 4.65. The van der Waals surface area contributed by atoms with Crippen LogP contribution < -0.4 is 5.73 Å². The van der Waals surface area contributed by atoms with Gasteiger partial charge in [-0.1, -0.05) is 0 Å². The van der Waals surface area contributed by atoms with Gasteiger partial charge < -0.3 is 20.7 Å². The highest BCUT2D eigenvalue weighted by atomic mass is 16.6. The van der Waals surface area contributed by atoms with E-state index in [4.69, 9.17) is 15.6 Å². The molecule has 15 heavy (non-hydrogen) atoms. The van der Waals surface area contributed by atoms with Gasteiger partial charge in [0.15, 0.2) is 5.92 Å². The average molecular weight is 219 g/mol. The van der Waals surface area contributed by atoms with Crippen LogP contribution in [0.4, 0.5) is 0 Å². The third-order valence-corrected chi connectivity index (χ3v) is 1.55. The van der Waals surface area contributed by atoms with Crippen LogP contribution in [0.3, 0.4) is 0 Å². The van der Waals surface area contributed by atoms with Crippen molar-refractivity contribution in [2.75, 3.05) is 6.54 Å². The first-order chi connectivity index (χ1) is 6.69. The molecule has 2 unspecified atom stereocenters. The second-order valence-electron chi connectivity index (χ2n) is 4.15. The number of ether oxygens (including phenoxy) is 1. The lowest BCUT2D eigenvalue weighted by Gasteiger charge is -2.23. The van der Waals surface area contributed by atoms with E-state index < -0.39 is 29.6 Å². The lowest BCUT2D eigenvalue weighted by molar-refractivity contribution is -0.171. The molecule has 4 N–H and O–H groups in total. The van der Waals surface area contributed by atoms with Crippen LogP contribution in [0.25, 0.3) is 0 Å². The maximum absolute atomic E-state index is 11.4. The van der Waals surface area contributed by atoms with Crippen molar-refractivity contribution in [3.05, 3.63) is 0 Å². The lowest BCUT2D eigenvalue weighted by atomic mass is 10.0. The zero-order valence-electron chi connectivity index (χ0n) is 9.06. The van der Waals surface area contributed by atoms with E-state index >= 15 is 0 Å². The Bertz CT molecular complexity index is 245. The molecular weight excluding hydrogens is 202 g/mol. The Morgan fingerprint density at radius 2 is 1.87 bits per heavy atom. The van der Waals surface area contributed by atoms with E-state index in [1.54, 1.807) is 20.8 Å². The third-order valence-electron chi connectivity index (χ3n) is 1.55. The third kappa shape index (κ3) is 4.75. The fourth-order valence-electron chi connectivity index (χ4n) is 0.924. The molecule has 0 spiro atoms. The first kappa shape index (κ1) is 13.9. The van der Waals surface area contributed by atoms with Crippen molar-refractivity contribution in [1.82, 2.24) is 0 Å². The summed E-state index contributed by atoms with van der Waals surface area (Å²) in [4.78, 5) is 22.1. The van der Waals surface area contributed by atoms with Crippen molar-refractivity contribution in [1.29, 1.82) is 0 Å². The van der Waals surface area contributed by atoms with E-state index in [0.29, 0.717) is 0 Å². The van der Waals surface area contributed by atoms with E-state index in [1.165, 1.54) is 0 Å². The number of hydrogen-bond acceptors (Lipinski definition) is 5. The molecule has 0 aromatic carbocycles. The number of aliphatic hydroxyl groups excluding tert-OH is 1. The minimum atomic E-state index is -1.63. The molecule has 88 valence electrons. The summed E-state index contributed by atoms with van der Waals surface area (Å²) in [5.74, 6) is -4.05. The second-order valence-corrected chi connectivity index (χ2v) is 4.15. The number of aliphatic carboxylic acids is 1. The van der Waals surface area contributed by atoms with E-state index in [1.807, 2.05) is 0 Å². The second kappa shape index (κ2) is 5.09. The molecule has 0 aliphatic heterocycles. The minimum Gasteiger partial charge on any atom is -0.481 e. The molecule has 0 amide bonds. The van der Waals surface area contributed by atoms with Crippen LogP contribution in [-0.4, -0.2) is 40.4 Å². The molecular formula is C9H17NO5. The summed E-state index contributed by atoms with van der Waals surface area (Å²) in [5, 5.41) is 18.0. The van der Waals surface area contributed by atoms with Crippen LogP contribution >= 0.6 is 0 Å². The van der Waals surface area contributed by atoms with Gasteiger partial charge in [0.2, 0.25) is 0 Å². The summed E-state index contributed by atoms with van der Waals surface area (Å²) >= 11 is 0. The molecule has 0 aromatic heterocycles. The minimum absolute atomic E-state index is 0.309. The normalized spacial score (nSPS) is 15.5. The monoisotopic (exact) mass is 219 g/mol. The van der Waals surface area contributed by atoms with Crippen molar-refractivity contribution in [2.24, 2.45) is 11.7 Å². The van der Waals surface area contributed by atoms with E-state index in [2.05, 4.69) is 0 Å². The number of carbonyl (C=O) groups excluding carboxylic acids is 1. The molecule has 0 radical (unpaired) electrons. The van der Waals surface area contributed by atoms with Gasteiger partial charge in [0.1, 0.15) is 5.60 Å². The predicted molar refractivity (Wildman–Crippen MR) is 52.0 cm³/mol. The lowest BCUT2D eigenvalue weighted by Crippen LogP contribution is -2.42. The molecule has 6 nitrogen and oxygen atoms in total. The standard InChI is InChI=1S/C9H17NO5/c1-9(2,3)15-8(14)6(7(12)13)5(11)4-10/h5-6,11H,4,10H2,1-3H3,(H,12,13). The zero-order chi connectivity index (χ0) is 12.2. The number of carbonyl (C=O) groups is 2. The predicted octanol–water partition coefficient (Wildman–Crippen LogP) is -0.651. The summed E-state index contributed by atoms with van der Waals surface area (Å²) in [6, 6.07) is 0. The number of carboxylic acid groups (broad SMARTS) is 1. The number of carboxylic acids is 1. The van der Waals surface area contributed by atoms with Crippen LogP contribution in [0.2, 0.25) is 0 Å². The van der Waals surface area contributed by atoms with Crippen molar-refractivity contribution < 1.29 is 24.5 Å². The number of aliphatic hydroxyl groups is 1. The molecule has 0 heterocycles. The van der Waals surface area contributed by atoms with E-state index in [9.17, 15) is 14.7 Å². The van der Waals surface area contributed by atoms with Gasteiger partial charge >= 0.3 is 11.9 Å². The largest absolute Gasteiger partial charge is 0.481 e. The Hall–Kier alpha value is -1.14. The molecule has 2 atom stereocenters. The quantitative estimate of drug-likeness (QED) is 0.428. The number of rotatable bonds is 4. The summed E-state index contributed by atoms with van der Waals surface area (Å²) in [6.45, 7) is 4.52. The first-order valence-electron chi connectivity index (χ1n) is 4.53. The molecule has 0 aliphatic rings. The smallest absolute Gasteiger partial charge is 0.323 e. The number of hydrogen-bond donors (Lipinski definition) is 3. The summed E-state index contributed by atoms with van der Waals surface area (Å²) < 4.78 is 4.85. The highest BCUT2D eigenvalue weighted by molar-refractivity contribution is 5.94. The highest BCUT2D eigenvalue weighted by Gasteiger charge is 2.36. The van der Waals surface area contributed by atoms with Crippen LogP contribution in [-0.2, 0) is 14.3 Å². The van der Waals surface area contributed by atoms with Crippen molar-refractivity contribution in [3.8, 4) is 0 Å². The van der Waals surface area contributed by atoms with Crippen molar-refractivity contribution in [2.45, 2.75) is 32.5 Å². The molecule has 0 saturated carbocycles. The van der Waals surface area contributed by atoms with E-state index in [-0.39, 0.29) is 6.54 Å². The fraction of sp³-hybridized carbons (Fsp3) is 0.778. The van der Waals surface area contributed by atoms with Gasteiger partial charge in [-0.3, -0.25) is 9.59 Å². The summed E-state index contributed by atoms with van der Waals surface area (Å²) in [5.41, 5.74) is 4.30. The van der Waals surface area contributed by atoms with Gasteiger partial charge in [-0.25, -0.2) is 0 Å². The molecule has 0 aliphatic carbocycles. The van der Waals surface area contributed by atoms with Crippen LogP contribution in [0.5, 0.6) is 0 Å².